The summed E-state index contributed by atoms with van der Waals surface area (Å²) >= 11 is 2.44. The molecule has 0 bridgehead atoms. The van der Waals surface area contributed by atoms with Gasteiger partial charge in [-0.15, -0.1) is 10.2 Å². The van der Waals surface area contributed by atoms with Gasteiger partial charge in [-0.25, -0.2) is 0 Å². The lowest BCUT2D eigenvalue weighted by atomic mass is 10.3. The Kier molecular flexibility index (Phi) is 5.60. The van der Waals surface area contributed by atoms with Crippen LogP contribution in [0.25, 0.3) is 0 Å². The van der Waals surface area contributed by atoms with E-state index in [9.17, 15) is 9.59 Å². The van der Waals surface area contributed by atoms with Crippen LogP contribution in [0.4, 0.5) is 5.13 Å². The van der Waals surface area contributed by atoms with E-state index in [4.69, 9.17) is 5.11 Å². The molecule has 1 fully saturated rings. The highest BCUT2D eigenvalue weighted by Gasteiger charge is 2.17. The van der Waals surface area contributed by atoms with Crippen molar-refractivity contribution >= 4 is 40.1 Å². The lowest BCUT2D eigenvalue weighted by Crippen LogP contribution is -2.29. The summed E-state index contributed by atoms with van der Waals surface area (Å²) in [6.45, 7) is 2.26. The Morgan fingerprint density at radius 2 is 2.10 bits per heavy atom. The number of anilines is 1. The van der Waals surface area contributed by atoms with Gasteiger partial charge in [0.25, 0.3) is 0 Å². The van der Waals surface area contributed by atoms with Crippen LogP contribution in [-0.2, 0) is 9.59 Å². The summed E-state index contributed by atoms with van der Waals surface area (Å²) in [5, 5.41) is 20.0. The second-order valence-electron chi connectivity index (χ2n) is 4.32. The van der Waals surface area contributed by atoms with Crippen molar-refractivity contribution in [3.8, 4) is 0 Å². The average Bonchev–Trinajstić information content (AvgIpc) is 3.08. The van der Waals surface area contributed by atoms with E-state index in [2.05, 4.69) is 15.5 Å². The molecule has 1 aliphatic heterocycles. The van der Waals surface area contributed by atoms with Gasteiger partial charge >= 0.3 is 5.97 Å². The number of carboxylic acid groups (broad SMARTS) is 1. The molecule has 0 saturated carbocycles. The van der Waals surface area contributed by atoms with Crippen molar-refractivity contribution < 1.29 is 14.7 Å². The Hall–Kier alpha value is -1.35. The quantitative estimate of drug-likeness (QED) is 0.728. The smallest absolute Gasteiger partial charge is 0.313 e. The van der Waals surface area contributed by atoms with Crippen LogP contribution < -0.4 is 5.32 Å². The van der Waals surface area contributed by atoms with E-state index in [1.165, 1.54) is 11.3 Å². The number of aromatic nitrogens is 2. The van der Waals surface area contributed by atoms with Crippen molar-refractivity contribution in [3.63, 3.8) is 0 Å². The minimum absolute atomic E-state index is 0.0257. The summed E-state index contributed by atoms with van der Waals surface area (Å²) in [7, 11) is 0. The Morgan fingerprint density at radius 1 is 1.35 bits per heavy atom. The molecule has 1 saturated heterocycles. The first-order chi connectivity index (χ1) is 9.65. The highest BCUT2D eigenvalue weighted by molar-refractivity contribution is 8.01. The first kappa shape index (κ1) is 15.0. The number of likely N-dealkylation sites (tertiary alicyclic amines) is 1. The minimum Gasteiger partial charge on any atom is -0.481 e. The number of carboxylic acids is 1. The van der Waals surface area contributed by atoms with Crippen LogP contribution in [0.1, 0.15) is 19.3 Å². The van der Waals surface area contributed by atoms with E-state index >= 15 is 0 Å². The molecule has 110 valence electrons. The molecule has 0 radical (unpaired) electrons. The SMILES string of the molecule is O=C(O)CSc1nnc(NCCC(=O)N2CCCC2)s1. The Bertz CT molecular complexity index is 474. The highest BCUT2D eigenvalue weighted by Crippen LogP contribution is 2.25. The number of aliphatic carboxylic acids is 1. The number of thioether (sulfide) groups is 1. The third-order valence-electron chi connectivity index (χ3n) is 2.80. The van der Waals surface area contributed by atoms with Gasteiger partial charge in [-0.3, -0.25) is 9.59 Å². The third kappa shape index (κ3) is 4.64. The standard InChI is InChI=1S/C11H16N4O3S2/c16-8(15-5-1-2-6-15)3-4-12-10-13-14-11(20-10)19-7-9(17)18/h1-7H2,(H,12,13)(H,17,18). The maximum atomic E-state index is 11.8. The van der Waals surface area contributed by atoms with E-state index in [1.54, 1.807) is 0 Å². The second kappa shape index (κ2) is 7.44. The first-order valence-corrected chi connectivity index (χ1v) is 8.15. The van der Waals surface area contributed by atoms with Crippen molar-refractivity contribution in [2.24, 2.45) is 0 Å². The van der Waals surface area contributed by atoms with Gasteiger partial charge in [0.1, 0.15) is 0 Å². The number of nitrogens with zero attached hydrogens (tertiary/aromatic N) is 3. The van der Waals surface area contributed by atoms with Gasteiger partial charge in [-0.2, -0.15) is 0 Å². The van der Waals surface area contributed by atoms with Gasteiger partial charge in [0.05, 0.1) is 5.75 Å². The summed E-state index contributed by atoms with van der Waals surface area (Å²) in [5.41, 5.74) is 0. The van der Waals surface area contributed by atoms with Crippen LogP contribution in [-0.4, -0.2) is 57.5 Å². The van der Waals surface area contributed by atoms with Crippen molar-refractivity contribution in [2.45, 2.75) is 23.6 Å². The molecule has 0 aromatic carbocycles. The molecular formula is C11H16N4O3S2. The number of carbonyl (C=O) groups is 2. The Labute approximate surface area is 124 Å². The predicted octanol–water partition coefficient (Wildman–Crippen LogP) is 1.14. The van der Waals surface area contributed by atoms with E-state index in [0.29, 0.717) is 22.4 Å². The van der Waals surface area contributed by atoms with Crippen LogP contribution in [0.5, 0.6) is 0 Å². The molecule has 1 aliphatic rings. The van der Waals surface area contributed by atoms with Crippen LogP contribution in [0.3, 0.4) is 0 Å². The lowest BCUT2D eigenvalue weighted by Gasteiger charge is -2.14. The van der Waals surface area contributed by atoms with Gasteiger partial charge in [0, 0.05) is 26.1 Å². The van der Waals surface area contributed by atoms with Crippen LogP contribution in [0.15, 0.2) is 4.34 Å². The zero-order valence-corrected chi connectivity index (χ0v) is 12.5. The molecule has 20 heavy (non-hydrogen) atoms. The van der Waals surface area contributed by atoms with Gasteiger partial charge in [-0.1, -0.05) is 23.1 Å². The average molecular weight is 316 g/mol. The molecule has 0 atom stereocenters. The molecule has 2 heterocycles. The molecule has 2 rings (SSSR count). The predicted molar refractivity (Wildman–Crippen MR) is 77.2 cm³/mol. The zero-order valence-electron chi connectivity index (χ0n) is 10.9. The van der Waals surface area contributed by atoms with Crippen molar-refractivity contribution in [1.29, 1.82) is 0 Å². The van der Waals surface area contributed by atoms with Gasteiger partial charge in [-0.05, 0) is 12.8 Å². The van der Waals surface area contributed by atoms with E-state index in [1.807, 2.05) is 4.90 Å². The van der Waals surface area contributed by atoms with E-state index in [0.717, 1.165) is 37.7 Å². The number of hydrogen-bond acceptors (Lipinski definition) is 7. The second-order valence-corrected chi connectivity index (χ2v) is 6.52. The fourth-order valence-corrected chi connectivity index (χ4v) is 3.36. The molecule has 9 heteroatoms. The van der Waals surface area contributed by atoms with Crippen molar-refractivity contribution in [1.82, 2.24) is 15.1 Å². The fourth-order valence-electron chi connectivity index (χ4n) is 1.86. The molecule has 2 N–H and O–H groups in total. The fraction of sp³-hybridized carbons (Fsp3) is 0.636. The molecule has 0 spiro atoms. The number of amides is 1. The normalized spacial score (nSPS) is 14.5. The summed E-state index contributed by atoms with van der Waals surface area (Å²) in [6.07, 6.45) is 2.64. The molecule has 7 nitrogen and oxygen atoms in total. The summed E-state index contributed by atoms with van der Waals surface area (Å²) in [4.78, 5) is 24.1. The van der Waals surface area contributed by atoms with Crippen LogP contribution in [0, 0.1) is 0 Å². The van der Waals surface area contributed by atoms with Crippen LogP contribution >= 0.6 is 23.1 Å². The summed E-state index contributed by atoms with van der Waals surface area (Å²) in [5.74, 6) is -0.738. The highest BCUT2D eigenvalue weighted by atomic mass is 32.2. The summed E-state index contributed by atoms with van der Waals surface area (Å²) < 4.78 is 0.612. The minimum atomic E-state index is -0.879. The van der Waals surface area contributed by atoms with Crippen molar-refractivity contribution in [3.05, 3.63) is 0 Å². The van der Waals surface area contributed by atoms with E-state index < -0.39 is 5.97 Å². The Balaban J connectivity index is 1.68. The molecule has 1 aromatic rings. The largest absolute Gasteiger partial charge is 0.481 e. The van der Waals surface area contributed by atoms with Crippen LogP contribution in [0.2, 0.25) is 0 Å². The molecule has 1 amide bonds. The lowest BCUT2D eigenvalue weighted by molar-refractivity contribution is -0.134. The zero-order chi connectivity index (χ0) is 14.4. The van der Waals surface area contributed by atoms with Gasteiger partial charge in [0.15, 0.2) is 4.34 Å². The molecule has 0 unspecified atom stereocenters. The van der Waals surface area contributed by atoms with E-state index in [-0.39, 0.29) is 11.7 Å². The van der Waals surface area contributed by atoms with Gasteiger partial charge in [0.2, 0.25) is 11.0 Å². The maximum Gasteiger partial charge on any atom is 0.313 e. The van der Waals surface area contributed by atoms with Crippen molar-refractivity contribution in [2.75, 3.05) is 30.7 Å². The third-order valence-corrected chi connectivity index (χ3v) is 4.80. The topological polar surface area (TPSA) is 95.4 Å². The number of rotatable bonds is 7. The summed E-state index contributed by atoms with van der Waals surface area (Å²) in [6, 6.07) is 0. The number of carbonyl (C=O) groups excluding carboxylic acids is 1. The van der Waals surface area contributed by atoms with Gasteiger partial charge < -0.3 is 15.3 Å². The monoisotopic (exact) mass is 316 g/mol. The molecule has 0 aliphatic carbocycles. The first-order valence-electron chi connectivity index (χ1n) is 6.35. The Morgan fingerprint density at radius 3 is 2.80 bits per heavy atom. The number of nitrogens with one attached hydrogen (secondary N) is 1. The maximum absolute atomic E-state index is 11.8. The molecular weight excluding hydrogens is 300 g/mol. The number of hydrogen-bond donors (Lipinski definition) is 2. The molecule has 1 aromatic heterocycles.